The minimum Gasteiger partial charge on any atom is -0.374 e. The summed E-state index contributed by atoms with van der Waals surface area (Å²) in [6.07, 6.45) is 1.66. The fraction of sp³-hybridized carbons (Fsp3) is 0. The maximum Gasteiger partial charge on any atom is 0.193 e. The van der Waals surface area contributed by atoms with Gasteiger partial charge in [0, 0.05) is 18.5 Å². The molecule has 0 bridgehead atoms. The van der Waals surface area contributed by atoms with Crippen molar-refractivity contribution in [2.24, 2.45) is 10.8 Å². The highest BCUT2D eigenvalue weighted by atomic mass is 32.1. The number of hydrogen-bond acceptors (Lipinski definition) is 3. The van der Waals surface area contributed by atoms with Crippen LogP contribution < -0.4 is 10.7 Å². The summed E-state index contributed by atoms with van der Waals surface area (Å²) in [5.74, 6) is 0.575. The quantitative estimate of drug-likeness (QED) is 0.520. The minimum absolute atomic E-state index is 0.112. The Hall–Kier alpha value is -2.27. The monoisotopic (exact) mass is 256 g/mol. The van der Waals surface area contributed by atoms with Crippen LogP contribution in [0, 0.1) is 0 Å². The fourth-order valence-corrected chi connectivity index (χ4v) is 1.79. The number of nitrogens with zero attached hydrogens (tertiary/aromatic N) is 3. The number of thiocarbonyl (C=S) groups is 1. The van der Waals surface area contributed by atoms with Gasteiger partial charge < -0.3 is 5.73 Å². The predicted octanol–water partition coefficient (Wildman–Crippen LogP) is 2.41. The molecule has 0 saturated carbocycles. The molecule has 4 nitrogen and oxygen atoms in total. The number of hydrazone groups is 1. The van der Waals surface area contributed by atoms with Crippen LogP contribution in [0.3, 0.4) is 0 Å². The van der Waals surface area contributed by atoms with E-state index < -0.39 is 0 Å². The Labute approximate surface area is 111 Å². The third kappa shape index (κ3) is 2.36. The van der Waals surface area contributed by atoms with Crippen LogP contribution in [0.25, 0.3) is 11.1 Å². The zero-order chi connectivity index (χ0) is 13.0. The van der Waals surface area contributed by atoms with E-state index in [0.29, 0.717) is 5.82 Å². The van der Waals surface area contributed by atoms with Crippen LogP contribution in [0.1, 0.15) is 0 Å². The van der Waals surface area contributed by atoms with Gasteiger partial charge in [0.2, 0.25) is 0 Å². The second-order valence-corrected chi connectivity index (χ2v) is 3.95. The standard InChI is InChI=1S/C13H12N4S/c1-15-17(13(14)18)12-11(8-5-9-16-12)10-6-3-2-4-7-10/h2-9H,1H2,(H2,14,18). The molecular formula is C13H12N4S. The van der Waals surface area contributed by atoms with E-state index in [2.05, 4.69) is 16.8 Å². The first-order valence-electron chi connectivity index (χ1n) is 5.30. The molecule has 1 heterocycles. The molecular weight excluding hydrogens is 244 g/mol. The molecule has 2 rings (SSSR count). The lowest BCUT2D eigenvalue weighted by Crippen LogP contribution is -2.31. The molecule has 0 radical (unpaired) electrons. The van der Waals surface area contributed by atoms with E-state index in [0.717, 1.165) is 11.1 Å². The molecule has 0 aliphatic carbocycles. The van der Waals surface area contributed by atoms with E-state index in [1.807, 2.05) is 42.5 Å². The van der Waals surface area contributed by atoms with Crippen molar-refractivity contribution >= 4 is 29.9 Å². The van der Waals surface area contributed by atoms with Gasteiger partial charge in [0.15, 0.2) is 10.9 Å². The van der Waals surface area contributed by atoms with Crippen molar-refractivity contribution < 1.29 is 0 Å². The first-order valence-corrected chi connectivity index (χ1v) is 5.71. The van der Waals surface area contributed by atoms with E-state index in [-0.39, 0.29) is 5.11 Å². The van der Waals surface area contributed by atoms with Crippen molar-refractivity contribution in [3.63, 3.8) is 0 Å². The van der Waals surface area contributed by atoms with Crippen LogP contribution in [0.2, 0.25) is 0 Å². The maximum absolute atomic E-state index is 5.61. The number of hydrogen-bond donors (Lipinski definition) is 1. The molecule has 0 amide bonds. The summed E-state index contributed by atoms with van der Waals surface area (Å²) in [6.45, 7) is 3.46. The van der Waals surface area contributed by atoms with Crippen molar-refractivity contribution in [1.29, 1.82) is 0 Å². The molecule has 90 valence electrons. The molecule has 0 atom stereocenters. The first kappa shape index (κ1) is 12.2. The Kier molecular flexibility index (Phi) is 3.64. The Balaban J connectivity index is 2.56. The highest BCUT2D eigenvalue weighted by Gasteiger charge is 2.14. The number of benzene rings is 1. The van der Waals surface area contributed by atoms with Crippen molar-refractivity contribution in [2.45, 2.75) is 0 Å². The van der Waals surface area contributed by atoms with Crippen molar-refractivity contribution in [3.8, 4) is 11.1 Å². The summed E-state index contributed by atoms with van der Waals surface area (Å²) >= 11 is 4.94. The van der Waals surface area contributed by atoms with Gasteiger partial charge in [-0.1, -0.05) is 30.3 Å². The number of aromatic nitrogens is 1. The molecule has 2 N–H and O–H groups in total. The summed E-state index contributed by atoms with van der Waals surface area (Å²) in [6, 6.07) is 13.6. The van der Waals surface area contributed by atoms with Gasteiger partial charge in [0.25, 0.3) is 0 Å². The van der Waals surface area contributed by atoms with Gasteiger partial charge in [-0.05, 0) is 29.9 Å². The summed E-state index contributed by atoms with van der Waals surface area (Å²) in [4.78, 5) is 4.27. The second-order valence-electron chi connectivity index (χ2n) is 3.53. The maximum atomic E-state index is 5.61. The highest BCUT2D eigenvalue weighted by molar-refractivity contribution is 7.80. The van der Waals surface area contributed by atoms with Crippen LogP contribution >= 0.6 is 12.2 Å². The predicted molar refractivity (Wildman–Crippen MR) is 78.5 cm³/mol. The van der Waals surface area contributed by atoms with E-state index in [1.54, 1.807) is 6.20 Å². The Morgan fingerprint density at radius 3 is 2.56 bits per heavy atom. The van der Waals surface area contributed by atoms with Crippen LogP contribution in [-0.4, -0.2) is 16.8 Å². The normalized spacial score (nSPS) is 9.78. The van der Waals surface area contributed by atoms with Crippen molar-refractivity contribution in [3.05, 3.63) is 48.7 Å². The Morgan fingerprint density at radius 1 is 1.22 bits per heavy atom. The van der Waals surface area contributed by atoms with Gasteiger partial charge in [-0.3, -0.25) is 0 Å². The number of anilines is 1. The van der Waals surface area contributed by atoms with Gasteiger partial charge in [-0.25, -0.2) is 4.98 Å². The van der Waals surface area contributed by atoms with E-state index in [4.69, 9.17) is 18.0 Å². The van der Waals surface area contributed by atoms with Crippen LogP contribution in [0.15, 0.2) is 53.8 Å². The fourth-order valence-electron chi connectivity index (χ4n) is 1.65. The lowest BCUT2D eigenvalue weighted by atomic mass is 10.1. The smallest absolute Gasteiger partial charge is 0.193 e. The summed E-state index contributed by atoms with van der Waals surface area (Å²) in [7, 11) is 0. The zero-order valence-corrected chi connectivity index (χ0v) is 10.5. The molecule has 5 heteroatoms. The van der Waals surface area contributed by atoms with Crippen LogP contribution in [0.5, 0.6) is 0 Å². The average molecular weight is 256 g/mol. The number of pyridine rings is 1. The van der Waals surface area contributed by atoms with Gasteiger partial charge in [0.1, 0.15) is 0 Å². The lowest BCUT2D eigenvalue weighted by Gasteiger charge is -2.18. The molecule has 0 fully saturated rings. The SMILES string of the molecule is C=NN(C(N)=S)c1ncccc1-c1ccccc1. The topological polar surface area (TPSA) is 54.5 Å². The molecule has 18 heavy (non-hydrogen) atoms. The third-order valence-electron chi connectivity index (χ3n) is 2.42. The number of nitrogens with two attached hydrogens (primary N) is 1. The molecule has 0 unspecified atom stereocenters. The van der Waals surface area contributed by atoms with E-state index in [9.17, 15) is 0 Å². The lowest BCUT2D eigenvalue weighted by molar-refractivity contribution is 1.09. The van der Waals surface area contributed by atoms with Crippen molar-refractivity contribution in [1.82, 2.24) is 4.98 Å². The molecule has 0 spiro atoms. The largest absolute Gasteiger partial charge is 0.374 e. The van der Waals surface area contributed by atoms with Gasteiger partial charge >= 0.3 is 0 Å². The summed E-state index contributed by atoms with van der Waals surface area (Å²) in [5, 5.41) is 5.26. The van der Waals surface area contributed by atoms with Gasteiger partial charge in [0.05, 0.1) is 0 Å². The molecule has 2 aromatic rings. The van der Waals surface area contributed by atoms with Crippen molar-refractivity contribution in [2.75, 3.05) is 5.01 Å². The molecule has 0 aliphatic rings. The first-order chi connectivity index (χ1) is 8.74. The molecule has 0 aliphatic heterocycles. The van der Waals surface area contributed by atoms with Crippen LogP contribution in [0.4, 0.5) is 5.82 Å². The van der Waals surface area contributed by atoms with Gasteiger partial charge in [-0.15, -0.1) is 0 Å². The molecule has 1 aromatic carbocycles. The van der Waals surface area contributed by atoms with Gasteiger partial charge in [-0.2, -0.15) is 10.1 Å². The summed E-state index contributed by atoms with van der Waals surface area (Å²) < 4.78 is 0. The third-order valence-corrected chi connectivity index (χ3v) is 2.60. The van der Waals surface area contributed by atoms with Crippen LogP contribution in [-0.2, 0) is 0 Å². The van der Waals surface area contributed by atoms with E-state index >= 15 is 0 Å². The van der Waals surface area contributed by atoms with E-state index in [1.165, 1.54) is 5.01 Å². The zero-order valence-electron chi connectivity index (χ0n) is 9.65. The molecule has 1 aromatic heterocycles. The Morgan fingerprint density at radius 2 is 1.94 bits per heavy atom. The second kappa shape index (κ2) is 5.37. The molecule has 0 saturated heterocycles. The minimum atomic E-state index is 0.112. The average Bonchev–Trinajstić information content (AvgIpc) is 2.41. The summed E-state index contributed by atoms with van der Waals surface area (Å²) in [5.41, 5.74) is 7.53. The number of rotatable bonds is 3. The Bertz CT molecular complexity index is 568. The highest BCUT2D eigenvalue weighted by Crippen LogP contribution is 2.28.